The minimum atomic E-state index is -3.27. The SMILES string of the molecule is CC1CN(Cc2cccc(CNC(=O)c3cccc(N4CCCS4(=O)=O)c3)c2)CCO1. The van der Waals surface area contributed by atoms with Crippen LogP contribution in [0, 0.1) is 0 Å². The lowest BCUT2D eigenvalue weighted by Gasteiger charge is -2.31. The molecule has 0 aliphatic carbocycles. The van der Waals surface area contributed by atoms with Crippen LogP contribution in [-0.2, 0) is 27.8 Å². The number of ether oxygens (including phenoxy) is 1. The van der Waals surface area contributed by atoms with Crippen molar-refractivity contribution in [2.45, 2.75) is 32.5 Å². The van der Waals surface area contributed by atoms with Crippen LogP contribution in [0.3, 0.4) is 0 Å². The Labute approximate surface area is 184 Å². The molecule has 1 atom stereocenters. The summed E-state index contributed by atoms with van der Waals surface area (Å²) >= 11 is 0. The van der Waals surface area contributed by atoms with E-state index in [9.17, 15) is 13.2 Å². The summed E-state index contributed by atoms with van der Waals surface area (Å²) in [6, 6.07) is 15.0. The minimum Gasteiger partial charge on any atom is -0.376 e. The number of amides is 1. The molecule has 1 N–H and O–H groups in total. The van der Waals surface area contributed by atoms with Crippen molar-refractivity contribution >= 4 is 21.6 Å². The number of nitrogens with one attached hydrogen (secondary N) is 1. The van der Waals surface area contributed by atoms with Gasteiger partial charge in [0.1, 0.15) is 0 Å². The summed E-state index contributed by atoms with van der Waals surface area (Å²) in [4.78, 5) is 15.1. The van der Waals surface area contributed by atoms with E-state index in [4.69, 9.17) is 4.74 Å². The molecule has 2 saturated heterocycles. The number of hydrogen-bond acceptors (Lipinski definition) is 5. The third-order valence-electron chi connectivity index (χ3n) is 5.67. The van der Waals surface area contributed by atoms with Gasteiger partial charge in [0.2, 0.25) is 10.0 Å². The summed E-state index contributed by atoms with van der Waals surface area (Å²) in [6.07, 6.45) is 0.862. The lowest BCUT2D eigenvalue weighted by molar-refractivity contribution is -0.0212. The van der Waals surface area contributed by atoms with Crippen molar-refractivity contribution in [3.63, 3.8) is 0 Å². The Kier molecular flexibility index (Phi) is 6.60. The lowest BCUT2D eigenvalue weighted by Crippen LogP contribution is -2.40. The molecule has 0 spiro atoms. The van der Waals surface area contributed by atoms with Crippen LogP contribution in [0.2, 0.25) is 0 Å². The van der Waals surface area contributed by atoms with E-state index in [1.54, 1.807) is 24.3 Å². The fourth-order valence-corrected chi connectivity index (χ4v) is 5.70. The second-order valence-corrected chi connectivity index (χ2v) is 10.2. The first-order chi connectivity index (χ1) is 14.9. The molecular formula is C23H29N3O4S. The molecule has 0 bridgehead atoms. The molecule has 2 fully saturated rings. The second-order valence-electron chi connectivity index (χ2n) is 8.21. The Balaban J connectivity index is 1.37. The number of sulfonamides is 1. The molecule has 1 amide bonds. The van der Waals surface area contributed by atoms with Gasteiger partial charge in [-0.1, -0.05) is 30.3 Å². The number of rotatable bonds is 6. The van der Waals surface area contributed by atoms with E-state index in [1.807, 2.05) is 12.1 Å². The van der Waals surface area contributed by atoms with Gasteiger partial charge in [-0.3, -0.25) is 14.0 Å². The van der Waals surface area contributed by atoms with Crippen molar-refractivity contribution in [3.8, 4) is 0 Å². The van der Waals surface area contributed by atoms with Gasteiger partial charge in [0, 0.05) is 38.3 Å². The van der Waals surface area contributed by atoms with E-state index < -0.39 is 10.0 Å². The summed E-state index contributed by atoms with van der Waals surface area (Å²) in [5.41, 5.74) is 3.25. The normalized spacial score (nSPS) is 21.2. The van der Waals surface area contributed by atoms with Gasteiger partial charge in [-0.15, -0.1) is 0 Å². The molecule has 0 saturated carbocycles. The maximum atomic E-state index is 12.7. The Morgan fingerprint density at radius 1 is 1.13 bits per heavy atom. The van der Waals surface area contributed by atoms with Crippen LogP contribution in [0.5, 0.6) is 0 Å². The average Bonchev–Trinajstić information content (AvgIpc) is 3.11. The summed E-state index contributed by atoms with van der Waals surface area (Å²) in [5.74, 6) is -0.0609. The van der Waals surface area contributed by atoms with Crippen LogP contribution >= 0.6 is 0 Å². The Morgan fingerprint density at radius 3 is 2.71 bits per heavy atom. The van der Waals surface area contributed by atoms with Gasteiger partial charge in [-0.05, 0) is 42.7 Å². The highest BCUT2D eigenvalue weighted by Gasteiger charge is 2.28. The van der Waals surface area contributed by atoms with Crippen LogP contribution < -0.4 is 9.62 Å². The van der Waals surface area contributed by atoms with Crippen molar-refractivity contribution in [2.24, 2.45) is 0 Å². The van der Waals surface area contributed by atoms with Crippen molar-refractivity contribution in [3.05, 3.63) is 65.2 Å². The molecule has 2 aromatic rings. The molecule has 31 heavy (non-hydrogen) atoms. The third kappa shape index (κ3) is 5.44. The minimum absolute atomic E-state index is 0.156. The molecule has 2 heterocycles. The topological polar surface area (TPSA) is 79.0 Å². The van der Waals surface area contributed by atoms with Crippen molar-refractivity contribution in [1.82, 2.24) is 10.2 Å². The van der Waals surface area contributed by atoms with E-state index >= 15 is 0 Å². The second kappa shape index (κ2) is 9.38. The van der Waals surface area contributed by atoms with Gasteiger partial charge in [0.15, 0.2) is 0 Å². The molecule has 2 aliphatic rings. The number of carbonyl (C=O) groups excluding carboxylic acids is 1. The molecule has 2 aromatic carbocycles. The van der Waals surface area contributed by atoms with Gasteiger partial charge in [0.05, 0.1) is 24.2 Å². The molecular weight excluding hydrogens is 414 g/mol. The van der Waals surface area contributed by atoms with E-state index in [0.29, 0.717) is 30.8 Å². The van der Waals surface area contributed by atoms with Gasteiger partial charge in [-0.25, -0.2) is 8.42 Å². The fourth-order valence-electron chi connectivity index (χ4n) is 4.15. The number of anilines is 1. The zero-order chi connectivity index (χ0) is 21.8. The van der Waals surface area contributed by atoms with Crippen molar-refractivity contribution in [2.75, 3.05) is 36.3 Å². The van der Waals surface area contributed by atoms with Crippen LogP contribution in [-0.4, -0.2) is 57.3 Å². The molecule has 7 nitrogen and oxygen atoms in total. The first-order valence-corrected chi connectivity index (χ1v) is 12.3. The van der Waals surface area contributed by atoms with E-state index in [2.05, 4.69) is 29.3 Å². The molecule has 1 unspecified atom stereocenters. The van der Waals surface area contributed by atoms with Crippen LogP contribution in [0.4, 0.5) is 5.69 Å². The third-order valence-corrected chi connectivity index (χ3v) is 7.54. The summed E-state index contributed by atoms with van der Waals surface area (Å²) in [6.45, 7) is 6.43. The summed E-state index contributed by atoms with van der Waals surface area (Å²) in [7, 11) is -3.27. The predicted octanol–water partition coefficient (Wildman–Crippen LogP) is 2.38. The number of benzene rings is 2. The van der Waals surface area contributed by atoms with Crippen molar-refractivity contribution in [1.29, 1.82) is 0 Å². The maximum absolute atomic E-state index is 12.7. The number of morpholine rings is 1. The summed E-state index contributed by atoms with van der Waals surface area (Å²) in [5, 5.41) is 2.95. The Hall–Kier alpha value is -2.42. The molecule has 4 rings (SSSR count). The van der Waals surface area contributed by atoms with Crippen LogP contribution in [0.15, 0.2) is 48.5 Å². The molecule has 8 heteroatoms. The first kappa shape index (κ1) is 21.8. The lowest BCUT2D eigenvalue weighted by atomic mass is 10.1. The highest BCUT2D eigenvalue weighted by Crippen LogP contribution is 2.24. The number of nitrogens with zero attached hydrogens (tertiary/aromatic N) is 2. The first-order valence-electron chi connectivity index (χ1n) is 10.7. The molecule has 0 aromatic heterocycles. The summed E-state index contributed by atoms with van der Waals surface area (Å²) < 4.78 is 31.3. The van der Waals surface area contributed by atoms with Gasteiger partial charge in [-0.2, -0.15) is 0 Å². The zero-order valence-corrected chi connectivity index (χ0v) is 18.6. The van der Waals surface area contributed by atoms with E-state index in [-0.39, 0.29) is 17.8 Å². The molecule has 0 radical (unpaired) electrons. The van der Waals surface area contributed by atoms with Gasteiger partial charge < -0.3 is 10.1 Å². The molecule has 166 valence electrons. The van der Waals surface area contributed by atoms with Crippen molar-refractivity contribution < 1.29 is 17.9 Å². The molecule has 2 aliphatic heterocycles. The van der Waals surface area contributed by atoms with E-state index in [0.717, 1.165) is 31.8 Å². The average molecular weight is 444 g/mol. The fraction of sp³-hybridized carbons (Fsp3) is 0.435. The predicted molar refractivity (Wildman–Crippen MR) is 120 cm³/mol. The highest BCUT2D eigenvalue weighted by molar-refractivity contribution is 7.93. The quantitative estimate of drug-likeness (QED) is 0.742. The maximum Gasteiger partial charge on any atom is 0.251 e. The zero-order valence-electron chi connectivity index (χ0n) is 17.8. The van der Waals surface area contributed by atoms with Gasteiger partial charge in [0.25, 0.3) is 5.91 Å². The van der Waals surface area contributed by atoms with Gasteiger partial charge >= 0.3 is 0 Å². The van der Waals surface area contributed by atoms with Crippen LogP contribution in [0.25, 0.3) is 0 Å². The smallest absolute Gasteiger partial charge is 0.251 e. The monoisotopic (exact) mass is 443 g/mol. The number of carbonyl (C=O) groups is 1. The highest BCUT2D eigenvalue weighted by atomic mass is 32.2. The number of hydrogen-bond donors (Lipinski definition) is 1. The Morgan fingerprint density at radius 2 is 1.94 bits per heavy atom. The Bertz CT molecular complexity index is 1040. The van der Waals surface area contributed by atoms with E-state index in [1.165, 1.54) is 9.87 Å². The largest absolute Gasteiger partial charge is 0.376 e. The standard InChI is InChI=1S/C23H29N3O4S/c1-18-16-25(10-11-30-18)17-20-6-2-5-19(13-20)15-24-23(27)21-7-3-8-22(14-21)26-9-4-12-31(26,28)29/h2-3,5-8,13-14,18H,4,9-12,15-17H2,1H3,(H,24,27). The van der Waals surface area contributed by atoms with Crippen LogP contribution in [0.1, 0.15) is 34.8 Å².